The number of aromatic carboxylic acids is 1. The lowest BCUT2D eigenvalue weighted by Gasteiger charge is -2.20. The van der Waals surface area contributed by atoms with E-state index in [1.165, 1.54) is 0 Å². The summed E-state index contributed by atoms with van der Waals surface area (Å²) in [6, 6.07) is 12.4. The van der Waals surface area contributed by atoms with Gasteiger partial charge in [0.25, 0.3) is 0 Å². The lowest BCUT2D eigenvalue weighted by molar-refractivity contribution is -0.112. The number of hydrogen-bond acceptors (Lipinski definition) is 5. The first-order valence-electron chi connectivity index (χ1n) is 11.0. The molecule has 0 aromatic heterocycles. The highest BCUT2D eigenvalue weighted by Crippen LogP contribution is 2.31. The van der Waals surface area contributed by atoms with Crippen molar-refractivity contribution in [2.45, 2.75) is 38.7 Å². The van der Waals surface area contributed by atoms with Gasteiger partial charge in [-0.3, -0.25) is 0 Å². The van der Waals surface area contributed by atoms with Crippen molar-refractivity contribution in [2.75, 3.05) is 13.2 Å². The van der Waals surface area contributed by atoms with Gasteiger partial charge in [0.1, 0.15) is 19.5 Å². The minimum Gasteiger partial charge on any atom is -0.486 e. The molecule has 170 valence electrons. The monoisotopic (exact) mass is 438 g/mol. The fourth-order valence-corrected chi connectivity index (χ4v) is 3.91. The summed E-state index contributed by atoms with van der Waals surface area (Å²) < 4.78 is 11.1. The predicted molar refractivity (Wildman–Crippen MR) is 121 cm³/mol. The van der Waals surface area contributed by atoms with Crippen LogP contribution < -0.4 is 9.47 Å². The lowest BCUT2D eigenvalue weighted by Crippen LogP contribution is -2.17. The first-order valence-corrected chi connectivity index (χ1v) is 11.0. The summed E-state index contributed by atoms with van der Waals surface area (Å²) in [4.78, 5) is 22.7. The number of rotatable bonds is 11. The molecule has 0 saturated heterocycles. The highest BCUT2D eigenvalue weighted by Gasteiger charge is 2.18. The lowest BCUT2D eigenvalue weighted by atomic mass is 9.85. The number of ether oxygens (including phenoxy) is 2. The van der Waals surface area contributed by atoms with Gasteiger partial charge in [-0.1, -0.05) is 37.3 Å². The van der Waals surface area contributed by atoms with Crippen LogP contribution in [0.15, 0.2) is 54.6 Å². The molecule has 0 spiro atoms. The van der Waals surface area contributed by atoms with Crippen molar-refractivity contribution >= 4 is 12.3 Å². The van der Waals surface area contributed by atoms with Crippen molar-refractivity contribution in [2.24, 2.45) is 11.8 Å². The molecule has 2 aromatic carbocycles. The van der Waals surface area contributed by atoms with E-state index in [0.29, 0.717) is 38.2 Å². The molecular formula is C26H30O6. The number of hydrogen-bond donors (Lipinski definition) is 2. The van der Waals surface area contributed by atoms with Crippen LogP contribution in [-0.2, 0) is 17.6 Å². The Labute approximate surface area is 188 Å². The number of carboxylic acid groups (broad SMARTS) is 1. The summed E-state index contributed by atoms with van der Waals surface area (Å²) in [5.41, 5.74) is 2.21. The molecule has 6 nitrogen and oxygen atoms in total. The molecular weight excluding hydrogens is 408 g/mol. The van der Waals surface area contributed by atoms with Crippen molar-refractivity contribution in [3.05, 3.63) is 71.3 Å². The van der Waals surface area contributed by atoms with Crippen LogP contribution in [0.1, 0.15) is 41.3 Å². The number of benzene rings is 2. The molecule has 2 N–H and O–H groups in total. The summed E-state index contributed by atoms with van der Waals surface area (Å²) >= 11 is 0. The van der Waals surface area contributed by atoms with Crippen molar-refractivity contribution in [1.29, 1.82) is 0 Å². The number of aryl methyl sites for hydroxylation is 1. The number of carboxylic acids is 1. The smallest absolute Gasteiger partial charge is 0.335 e. The van der Waals surface area contributed by atoms with E-state index in [4.69, 9.17) is 14.6 Å². The minimum absolute atomic E-state index is 0.0284. The molecule has 1 aliphatic rings. The van der Waals surface area contributed by atoms with Crippen molar-refractivity contribution in [3.63, 3.8) is 0 Å². The van der Waals surface area contributed by atoms with Gasteiger partial charge >= 0.3 is 5.97 Å². The van der Waals surface area contributed by atoms with Crippen LogP contribution in [0.4, 0.5) is 0 Å². The van der Waals surface area contributed by atoms with E-state index < -0.39 is 12.1 Å². The van der Waals surface area contributed by atoms with E-state index in [0.717, 1.165) is 29.6 Å². The van der Waals surface area contributed by atoms with E-state index in [1.54, 1.807) is 30.3 Å². The molecule has 0 aliphatic carbocycles. The number of aldehydes is 1. The molecule has 3 unspecified atom stereocenters. The first kappa shape index (κ1) is 23.5. The average molecular weight is 439 g/mol. The van der Waals surface area contributed by atoms with E-state index >= 15 is 0 Å². The number of aliphatic hydroxyl groups is 1. The highest BCUT2D eigenvalue weighted by molar-refractivity contribution is 5.87. The second-order valence-electron chi connectivity index (χ2n) is 8.05. The molecule has 6 heteroatoms. The van der Waals surface area contributed by atoms with Crippen molar-refractivity contribution in [3.8, 4) is 11.5 Å². The third-order valence-corrected chi connectivity index (χ3v) is 5.80. The highest BCUT2D eigenvalue weighted by atomic mass is 16.6. The van der Waals surface area contributed by atoms with Gasteiger partial charge in [-0.2, -0.15) is 0 Å². The fraction of sp³-hybridized carbons (Fsp3) is 0.385. The summed E-state index contributed by atoms with van der Waals surface area (Å²) in [5.74, 6) is 0.335. The summed E-state index contributed by atoms with van der Waals surface area (Å²) in [6.07, 6.45) is 6.61. The van der Waals surface area contributed by atoms with E-state index in [1.807, 2.05) is 31.2 Å². The molecule has 0 amide bonds. The first-order chi connectivity index (χ1) is 15.5. The molecule has 1 heterocycles. The van der Waals surface area contributed by atoms with Gasteiger partial charge in [-0.05, 0) is 60.6 Å². The van der Waals surface area contributed by atoms with Gasteiger partial charge in [0.2, 0.25) is 0 Å². The summed E-state index contributed by atoms with van der Waals surface area (Å²) in [7, 11) is 0. The Hall–Kier alpha value is -3.12. The summed E-state index contributed by atoms with van der Waals surface area (Å²) in [6.45, 7) is 3.09. The fourth-order valence-electron chi connectivity index (χ4n) is 3.91. The Morgan fingerprint density at radius 3 is 2.34 bits per heavy atom. The molecule has 32 heavy (non-hydrogen) atoms. The van der Waals surface area contributed by atoms with Crippen LogP contribution in [0.3, 0.4) is 0 Å². The predicted octanol–water partition coefficient (Wildman–Crippen LogP) is 4.09. The minimum atomic E-state index is -0.951. The van der Waals surface area contributed by atoms with Gasteiger partial charge in [-0.25, -0.2) is 4.79 Å². The van der Waals surface area contributed by atoms with Crippen molar-refractivity contribution < 1.29 is 29.3 Å². The number of aliphatic hydroxyl groups excluding tert-OH is 1. The number of carbonyl (C=O) groups is 2. The van der Waals surface area contributed by atoms with Crippen LogP contribution in [0, 0.1) is 11.8 Å². The van der Waals surface area contributed by atoms with Gasteiger partial charge in [0, 0.05) is 12.3 Å². The van der Waals surface area contributed by atoms with Gasteiger partial charge < -0.3 is 24.5 Å². The molecule has 3 rings (SSSR count). The Bertz CT molecular complexity index is 934. The Kier molecular flexibility index (Phi) is 8.45. The maximum atomic E-state index is 11.7. The second kappa shape index (κ2) is 11.5. The average Bonchev–Trinajstić information content (AvgIpc) is 2.81. The molecule has 0 bridgehead atoms. The van der Waals surface area contributed by atoms with E-state index in [9.17, 15) is 14.7 Å². The maximum Gasteiger partial charge on any atom is 0.335 e. The number of carbonyl (C=O) groups excluding carboxylic acids is 1. The summed E-state index contributed by atoms with van der Waals surface area (Å²) in [5, 5.41) is 19.5. The zero-order chi connectivity index (χ0) is 22.9. The molecule has 3 atom stereocenters. The third-order valence-electron chi connectivity index (χ3n) is 5.80. The zero-order valence-electron chi connectivity index (χ0n) is 18.3. The SMILES string of the molecule is CCC(C=CC(O)Cc1ccc2c(c1)OCCO2)C(C=O)CCc1ccc(C(=O)O)cc1. The Morgan fingerprint density at radius 1 is 1.00 bits per heavy atom. The standard InChI is InChI=1S/C26H30O6/c1-2-20(22(17-27)9-5-18-3-7-21(8-4-18)26(29)30)10-11-23(28)15-19-6-12-24-25(16-19)32-14-13-31-24/h3-4,6-8,10-12,16-17,20,22-23,28H,2,5,9,13-15H2,1H3,(H,29,30). The topological polar surface area (TPSA) is 93.1 Å². The van der Waals surface area contributed by atoms with E-state index in [-0.39, 0.29) is 17.4 Å². The maximum absolute atomic E-state index is 11.7. The van der Waals surface area contributed by atoms with Crippen LogP contribution in [0.25, 0.3) is 0 Å². The largest absolute Gasteiger partial charge is 0.486 e. The van der Waals surface area contributed by atoms with Crippen molar-refractivity contribution in [1.82, 2.24) is 0 Å². The quantitative estimate of drug-likeness (QED) is 0.405. The number of fused-ring (bicyclic) bond motifs is 1. The second-order valence-corrected chi connectivity index (χ2v) is 8.05. The van der Waals surface area contributed by atoms with E-state index in [2.05, 4.69) is 0 Å². The Morgan fingerprint density at radius 2 is 1.69 bits per heavy atom. The normalized spacial score (nSPS) is 15.8. The Balaban J connectivity index is 1.55. The van der Waals surface area contributed by atoms with Gasteiger partial charge in [0.05, 0.1) is 11.7 Å². The van der Waals surface area contributed by atoms with Crippen LogP contribution >= 0.6 is 0 Å². The van der Waals surface area contributed by atoms with Gasteiger partial charge in [-0.15, -0.1) is 0 Å². The molecule has 0 saturated carbocycles. The molecule has 0 fully saturated rings. The molecule has 0 radical (unpaired) electrons. The van der Waals surface area contributed by atoms with Gasteiger partial charge in [0.15, 0.2) is 11.5 Å². The van der Waals surface area contributed by atoms with Crippen LogP contribution in [-0.4, -0.2) is 41.8 Å². The molecule has 2 aromatic rings. The van der Waals surface area contributed by atoms with Crippen LogP contribution in [0.5, 0.6) is 11.5 Å². The zero-order valence-corrected chi connectivity index (χ0v) is 18.3. The third kappa shape index (κ3) is 6.44. The molecule has 1 aliphatic heterocycles. The number of allylic oxidation sites excluding steroid dienone is 1. The van der Waals surface area contributed by atoms with Crippen LogP contribution in [0.2, 0.25) is 0 Å².